The van der Waals surface area contributed by atoms with E-state index in [-0.39, 0.29) is 24.5 Å². The Morgan fingerprint density at radius 2 is 1.79 bits per heavy atom. The molecule has 1 amide bonds. The number of carbonyl (C=O) groups excluding carboxylic acids is 1. The molecular weight excluding hydrogens is 310 g/mol. The molecule has 6 nitrogen and oxygen atoms in total. The van der Waals surface area contributed by atoms with Crippen LogP contribution in [0, 0.1) is 0 Å². The van der Waals surface area contributed by atoms with Gasteiger partial charge in [-0.1, -0.05) is 26.7 Å². The van der Waals surface area contributed by atoms with E-state index in [0.717, 1.165) is 12.8 Å². The Hall–Kier alpha value is -1.92. The van der Waals surface area contributed by atoms with E-state index in [2.05, 4.69) is 5.32 Å². The summed E-state index contributed by atoms with van der Waals surface area (Å²) in [5.41, 5.74) is 0.109. The molecule has 0 aliphatic rings. The third-order valence-corrected chi connectivity index (χ3v) is 3.75. The molecule has 0 aromatic heterocycles. The number of carboxylic acid groups (broad SMARTS) is 1. The number of hydrogen-bond donors (Lipinski definition) is 3. The lowest BCUT2D eigenvalue weighted by Gasteiger charge is -2.26. The summed E-state index contributed by atoms with van der Waals surface area (Å²) in [7, 11) is 1.52. The molecule has 0 fully saturated rings. The van der Waals surface area contributed by atoms with Gasteiger partial charge in [-0.25, -0.2) is 4.79 Å². The molecule has 6 heteroatoms. The van der Waals surface area contributed by atoms with Crippen molar-refractivity contribution in [3.05, 3.63) is 29.3 Å². The largest absolute Gasteiger partial charge is 0.478 e. The maximum atomic E-state index is 12.3. The molecule has 1 aromatic carbocycles. The SMILES string of the molecule is CCCC(O)(CCC)CC(=O)Nc1cc(COC)cc(C(=O)O)c1. The van der Waals surface area contributed by atoms with Crippen LogP contribution in [0.2, 0.25) is 0 Å². The van der Waals surface area contributed by atoms with Crippen LogP contribution in [-0.2, 0) is 16.1 Å². The Bertz CT molecular complexity index is 565. The normalized spacial score (nSPS) is 11.3. The maximum absolute atomic E-state index is 12.3. The molecule has 0 heterocycles. The van der Waals surface area contributed by atoms with Gasteiger partial charge in [-0.05, 0) is 36.6 Å². The average molecular weight is 337 g/mol. The minimum Gasteiger partial charge on any atom is -0.478 e. The quantitative estimate of drug-likeness (QED) is 0.609. The van der Waals surface area contributed by atoms with Crippen molar-refractivity contribution in [3.63, 3.8) is 0 Å². The molecule has 0 saturated carbocycles. The van der Waals surface area contributed by atoms with E-state index in [9.17, 15) is 14.7 Å². The molecule has 0 bridgehead atoms. The van der Waals surface area contributed by atoms with Gasteiger partial charge in [0.05, 0.1) is 24.2 Å². The van der Waals surface area contributed by atoms with Crippen molar-refractivity contribution in [1.29, 1.82) is 0 Å². The first-order valence-electron chi connectivity index (χ1n) is 8.22. The van der Waals surface area contributed by atoms with E-state index >= 15 is 0 Å². The van der Waals surface area contributed by atoms with Gasteiger partial charge in [0.1, 0.15) is 0 Å². The topological polar surface area (TPSA) is 95.9 Å². The van der Waals surface area contributed by atoms with Crippen molar-refractivity contribution in [1.82, 2.24) is 0 Å². The number of amides is 1. The second-order valence-corrected chi connectivity index (χ2v) is 6.11. The maximum Gasteiger partial charge on any atom is 0.335 e. The molecule has 0 unspecified atom stereocenters. The Kier molecular flexibility index (Phi) is 7.88. The smallest absolute Gasteiger partial charge is 0.335 e. The zero-order valence-electron chi connectivity index (χ0n) is 14.6. The number of aromatic carboxylic acids is 1. The average Bonchev–Trinajstić information content (AvgIpc) is 2.47. The van der Waals surface area contributed by atoms with Crippen molar-refractivity contribution in [2.45, 2.75) is 58.2 Å². The van der Waals surface area contributed by atoms with Gasteiger partial charge >= 0.3 is 5.97 Å². The van der Waals surface area contributed by atoms with E-state index in [1.54, 1.807) is 6.07 Å². The summed E-state index contributed by atoms with van der Waals surface area (Å²) >= 11 is 0. The summed E-state index contributed by atoms with van der Waals surface area (Å²) in [6.45, 7) is 4.18. The van der Waals surface area contributed by atoms with Gasteiger partial charge < -0.3 is 20.3 Å². The van der Waals surface area contributed by atoms with Crippen LogP contribution < -0.4 is 5.32 Å². The fourth-order valence-corrected chi connectivity index (χ4v) is 2.87. The van der Waals surface area contributed by atoms with Crippen molar-refractivity contribution >= 4 is 17.6 Å². The molecule has 1 rings (SSSR count). The Morgan fingerprint density at radius 1 is 1.17 bits per heavy atom. The number of ether oxygens (including phenoxy) is 1. The molecule has 134 valence electrons. The van der Waals surface area contributed by atoms with Crippen LogP contribution in [0.3, 0.4) is 0 Å². The number of carbonyl (C=O) groups is 2. The molecule has 0 aliphatic carbocycles. The van der Waals surface area contributed by atoms with Crippen LogP contribution in [0.5, 0.6) is 0 Å². The highest BCUT2D eigenvalue weighted by molar-refractivity contribution is 5.94. The van der Waals surface area contributed by atoms with Crippen molar-refractivity contribution in [2.24, 2.45) is 0 Å². The van der Waals surface area contributed by atoms with Crippen LogP contribution in [0.4, 0.5) is 5.69 Å². The number of aliphatic hydroxyl groups is 1. The summed E-state index contributed by atoms with van der Waals surface area (Å²) < 4.78 is 5.02. The third kappa shape index (κ3) is 6.29. The monoisotopic (exact) mass is 337 g/mol. The molecule has 24 heavy (non-hydrogen) atoms. The fourth-order valence-electron chi connectivity index (χ4n) is 2.87. The zero-order valence-corrected chi connectivity index (χ0v) is 14.6. The van der Waals surface area contributed by atoms with Gasteiger partial charge in [0.15, 0.2) is 0 Å². The Labute approximate surface area is 142 Å². The number of carboxylic acids is 1. The van der Waals surface area contributed by atoms with Crippen molar-refractivity contribution < 1.29 is 24.5 Å². The van der Waals surface area contributed by atoms with Crippen LogP contribution in [-0.4, -0.2) is 34.8 Å². The van der Waals surface area contributed by atoms with Crippen LogP contribution >= 0.6 is 0 Å². The molecule has 0 atom stereocenters. The standard InChI is InChI=1S/C18H27NO5/c1-4-6-18(23,7-5-2)11-16(20)19-15-9-13(12-24-3)8-14(10-15)17(21)22/h8-10,23H,4-7,11-12H2,1-3H3,(H,19,20)(H,21,22). The third-order valence-electron chi connectivity index (χ3n) is 3.75. The van der Waals surface area contributed by atoms with Gasteiger partial charge in [-0.15, -0.1) is 0 Å². The highest BCUT2D eigenvalue weighted by atomic mass is 16.5. The van der Waals surface area contributed by atoms with E-state index in [4.69, 9.17) is 9.84 Å². The predicted octanol–water partition coefficient (Wildman–Crippen LogP) is 3.19. The highest BCUT2D eigenvalue weighted by Gasteiger charge is 2.28. The Balaban J connectivity index is 2.90. The number of anilines is 1. The summed E-state index contributed by atoms with van der Waals surface area (Å²) in [4.78, 5) is 23.5. The summed E-state index contributed by atoms with van der Waals surface area (Å²) in [5.74, 6) is -1.40. The highest BCUT2D eigenvalue weighted by Crippen LogP contribution is 2.25. The first kappa shape index (κ1) is 20.1. The van der Waals surface area contributed by atoms with Gasteiger partial charge in [-0.2, -0.15) is 0 Å². The van der Waals surface area contributed by atoms with E-state index < -0.39 is 11.6 Å². The van der Waals surface area contributed by atoms with E-state index in [1.165, 1.54) is 19.2 Å². The number of nitrogens with one attached hydrogen (secondary N) is 1. The van der Waals surface area contributed by atoms with Gasteiger partial charge in [-0.3, -0.25) is 4.79 Å². The number of hydrogen-bond acceptors (Lipinski definition) is 4. The molecule has 0 saturated heterocycles. The van der Waals surface area contributed by atoms with Crippen LogP contribution in [0.25, 0.3) is 0 Å². The zero-order chi connectivity index (χ0) is 18.2. The van der Waals surface area contributed by atoms with Crippen molar-refractivity contribution in [2.75, 3.05) is 12.4 Å². The Morgan fingerprint density at radius 3 is 2.29 bits per heavy atom. The number of benzene rings is 1. The predicted molar refractivity (Wildman–Crippen MR) is 92.1 cm³/mol. The van der Waals surface area contributed by atoms with Crippen LogP contribution in [0.1, 0.15) is 61.9 Å². The molecule has 3 N–H and O–H groups in total. The first-order valence-corrected chi connectivity index (χ1v) is 8.22. The molecule has 1 aromatic rings. The van der Waals surface area contributed by atoms with Crippen LogP contribution in [0.15, 0.2) is 18.2 Å². The lowest BCUT2D eigenvalue weighted by Crippen LogP contribution is -2.33. The molecule has 0 spiro atoms. The van der Waals surface area contributed by atoms with Gasteiger partial charge in [0.2, 0.25) is 5.91 Å². The molecular formula is C18H27NO5. The van der Waals surface area contributed by atoms with Gasteiger partial charge in [0.25, 0.3) is 0 Å². The van der Waals surface area contributed by atoms with Crippen molar-refractivity contribution in [3.8, 4) is 0 Å². The van der Waals surface area contributed by atoms with Gasteiger partial charge in [0, 0.05) is 12.8 Å². The summed E-state index contributed by atoms with van der Waals surface area (Å²) in [5, 5.41) is 22.4. The first-order chi connectivity index (χ1) is 11.3. The second kappa shape index (κ2) is 9.39. The lowest BCUT2D eigenvalue weighted by atomic mass is 9.89. The minimum absolute atomic E-state index is 0.00834. The number of rotatable bonds is 10. The molecule has 0 aliphatic heterocycles. The summed E-state index contributed by atoms with van der Waals surface area (Å²) in [6, 6.07) is 4.58. The number of methoxy groups -OCH3 is 1. The second-order valence-electron chi connectivity index (χ2n) is 6.11. The minimum atomic E-state index is -1.07. The lowest BCUT2D eigenvalue weighted by molar-refractivity contribution is -0.121. The molecule has 0 radical (unpaired) electrons. The fraction of sp³-hybridized carbons (Fsp3) is 0.556. The van der Waals surface area contributed by atoms with E-state index in [1.807, 2.05) is 13.8 Å². The van der Waals surface area contributed by atoms with E-state index in [0.29, 0.717) is 24.1 Å². The summed E-state index contributed by atoms with van der Waals surface area (Å²) in [6.07, 6.45) is 2.68.